The number of nitrogens with one attached hydrogen (secondary N) is 2. The number of nitrogens with zero attached hydrogens (tertiary/aromatic N) is 3. The zero-order chi connectivity index (χ0) is 20.5. The molecule has 0 atom stereocenters. The zero-order valence-electron chi connectivity index (χ0n) is 15.8. The van der Waals surface area contributed by atoms with Crippen molar-refractivity contribution in [3.05, 3.63) is 40.5 Å². The predicted molar refractivity (Wildman–Crippen MR) is 116 cm³/mol. The van der Waals surface area contributed by atoms with Gasteiger partial charge < -0.3 is 5.32 Å². The fraction of sp³-hybridized carbons (Fsp3) is 0.263. The summed E-state index contributed by atoms with van der Waals surface area (Å²) >= 11 is 14.2. The van der Waals surface area contributed by atoms with Crippen molar-refractivity contribution in [1.82, 2.24) is 20.3 Å². The van der Waals surface area contributed by atoms with Crippen LogP contribution >= 0.6 is 35.0 Å². The Hall–Kier alpha value is -2.09. The minimum atomic E-state index is -0.405. The second-order valence-corrected chi connectivity index (χ2v) is 8.67. The molecule has 3 aromatic rings. The highest BCUT2D eigenvalue weighted by atomic mass is 35.5. The molecular weight excluding hydrogens is 417 g/mol. The van der Waals surface area contributed by atoms with Gasteiger partial charge in [-0.1, -0.05) is 41.0 Å². The lowest BCUT2D eigenvalue weighted by molar-refractivity contribution is 0.243. The molecule has 0 aliphatic carbocycles. The first kappa shape index (κ1) is 20.6. The molecule has 0 fully saturated rings. The SMILES string of the molecule is CSc1ncc2cc(-c3c(Cl)cccc3Cl)c(NC(=O)NC(C)(C)C)nc2n1. The zero-order valence-corrected chi connectivity index (χ0v) is 18.1. The van der Waals surface area contributed by atoms with Crippen LogP contribution in [0.5, 0.6) is 0 Å². The maximum Gasteiger partial charge on any atom is 0.320 e. The number of hydrogen-bond acceptors (Lipinski definition) is 5. The standard InChI is InChI=1S/C19H19Cl2N5OS/c1-19(2,3)26-17(27)24-16-11(14-12(20)6-5-7-13(14)21)8-10-9-22-18(28-4)25-15(10)23-16/h5-9H,1-4H3,(H2,22,23,24,25,26,27). The van der Waals surface area contributed by atoms with E-state index in [1.807, 2.05) is 33.1 Å². The third-order valence-corrected chi connectivity index (χ3v) is 4.87. The topological polar surface area (TPSA) is 79.8 Å². The molecule has 28 heavy (non-hydrogen) atoms. The normalized spacial score (nSPS) is 11.5. The van der Waals surface area contributed by atoms with Gasteiger partial charge in [-0.3, -0.25) is 5.32 Å². The fourth-order valence-corrected chi connectivity index (χ4v) is 3.50. The Labute approximate surface area is 177 Å². The minimum absolute atomic E-state index is 0.315. The van der Waals surface area contributed by atoms with E-state index in [1.54, 1.807) is 24.4 Å². The number of hydrogen-bond donors (Lipinski definition) is 2. The van der Waals surface area contributed by atoms with Gasteiger partial charge in [0.05, 0.1) is 10.0 Å². The predicted octanol–water partition coefficient (Wildman–Crippen LogP) is 5.64. The summed E-state index contributed by atoms with van der Waals surface area (Å²) in [5.74, 6) is 0.315. The lowest BCUT2D eigenvalue weighted by Gasteiger charge is -2.21. The third kappa shape index (κ3) is 4.66. The van der Waals surface area contributed by atoms with E-state index in [0.717, 1.165) is 0 Å². The number of carbonyl (C=O) groups excluding carboxylic acids is 1. The number of carbonyl (C=O) groups is 1. The summed E-state index contributed by atoms with van der Waals surface area (Å²) in [4.78, 5) is 25.7. The van der Waals surface area contributed by atoms with Crippen LogP contribution in [0.3, 0.4) is 0 Å². The Bertz CT molecular complexity index is 1030. The van der Waals surface area contributed by atoms with Crippen LogP contribution in [-0.4, -0.2) is 32.8 Å². The Kier molecular flexibility index (Phi) is 5.98. The molecule has 9 heteroatoms. The van der Waals surface area contributed by atoms with Crippen molar-refractivity contribution in [2.75, 3.05) is 11.6 Å². The van der Waals surface area contributed by atoms with Gasteiger partial charge in [-0.25, -0.2) is 19.7 Å². The Morgan fingerprint density at radius 3 is 2.43 bits per heavy atom. The van der Waals surface area contributed by atoms with Crippen LogP contribution < -0.4 is 10.6 Å². The molecule has 0 saturated heterocycles. The van der Waals surface area contributed by atoms with E-state index in [2.05, 4.69) is 25.6 Å². The summed E-state index contributed by atoms with van der Waals surface area (Å²) in [5.41, 5.74) is 1.24. The molecule has 0 radical (unpaired) electrons. The molecule has 2 amide bonds. The van der Waals surface area contributed by atoms with Gasteiger partial charge in [0.2, 0.25) is 0 Å². The Morgan fingerprint density at radius 1 is 1.14 bits per heavy atom. The number of urea groups is 1. The number of benzene rings is 1. The van der Waals surface area contributed by atoms with Crippen LogP contribution in [0.1, 0.15) is 20.8 Å². The number of halogens is 2. The second kappa shape index (κ2) is 8.11. The molecule has 0 aliphatic rings. The number of thioether (sulfide) groups is 1. The maximum atomic E-state index is 12.5. The van der Waals surface area contributed by atoms with Crippen molar-refractivity contribution >= 4 is 57.8 Å². The number of fused-ring (bicyclic) bond motifs is 1. The summed E-state index contributed by atoms with van der Waals surface area (Å²) in [6, 6.07) is 6.67. The Morgan fingerprint density at radius 2 is 1.82 bits per heavy atom. The van der Waals surface area contributed by atoms with Gasteiger partial charge in [-0.05, 0) is 45.2 Å². The van der Waals surface area contributed by atoms with Crippen molar-refractivity contribution in [3.63, 3.8) is 0 Å². The average Bonchev–Trinajstić information content (AvgIpc) is 2.59. The highest BCUT2D eigenvalue weighted by molar-refractivity contribution is 7.98. The van der Waals surface area contributed by atoms with E-state index in [1.165, 1.54) is 11.8 Å². The van der Waals surface area contributed by atoms with E-state index >= 15 is 0 Å². The van der Waals surface area contributed by atoms with Gasteiger partial charge in [0.25, 0.3) is 0 Å². The number of anilines is 1. The molecule has 1 aromatic carbocycles. The first-order valence-electron chi connectivity index (χ1n) is 8.43. The average molecular weight is 436 g/mol. The summed E-state index contributed by atoms with van der Waals surface area (Å²) < 4.78 is 0. The maximum absolute atomic E-state index is 12.5. The molecule has 0 unspecified atom stereocenters. The molecule has 0 saturated carbocycles. The van der Waals surface area contributed by atoms with Crippen molar-refractivity contribution in [1.29, 1.82) is 0 Å². The van der Waals surface area contributed by atoms with Crippen molar-refractivity contribution < 1.29 is 4.79 Å². The minimum Gasteiger partial charge on any atom is -0.333 e. The Balaban J connectivity index is 2.18. The highest BCUT2D eigenvalue weighted by Gasteiger charge is 2.20. The van der Waals surface area contributed by atoms with Gasteiger partial charge in [-0.15, -0.1) is 0 Å². The first-order chi connectivity index (χ1) is 13.2. The van der Waals surface area contributed by atoms with Gasteiger partial charge >= 0.3 is 6.03 Å². The van der Waals surface area contributed by atoms with Crippen LogP contribution in [0.2, 0.25) is 10.0 Å². The quantitative estimate of drug-likeness (QED) is 0.410. The molecule has 0 spiro atoms. The molecule has 146 valence electrons. The molecule has 3 rings (SSSR count). The van der Waals surface area contributed by atoms with Crippen LogP contribution in [0.4, 0.5) is 10.6 Å². The van der Waals surface area contributed by atoms with Gasteiger partial charge in [0.1, 0.15) is 5.82 Å². The summed E-state index contributed by atoms with van der Waals surface area (Å²) in [5, 5.41) is 7.87. The van der Waals surface area contributed by atoms with Crippen molar-refractivity contribution in [3.8, 4) is 11.1 Å². The molecule has 2 aromatic heterocycles. The monoisotopic (exact) mass is 435 g/mol. The van der Waals surface area contributed by atoms with Crippen LogP contribution in [0, 0.1) is 0 Å². The number of amides is 2. The van der Waals surface area contributed by atoms with Gasteiger partial charge in [-0.2, -0.15) is 0 Å². The van der Waals surface area contributed by atoms with E-state index < -0.39 is 5.54 Å². The first-order valence-corrected chi connectivity index (χ1v) is 10.4. The molecular formula is C19H19Cl2N5OS. The molecule has 0 aliphatic heterocycles. The van der Waals surface area contributed by atoms with E-state index in [-0.39, 0.29) is 6.03 Å². The lowest BCUT2D eigenvalue weighted by Crippen LogP contribution is -2.43. The van der Waals surface area contributed by atoms with Crippen LogP contribution in [0.15, 0.2) is 35.6 Å². The second-order valence-electron chi connectivity index (χ2n) is 7.08. The van der Waals surface area contributed by atoms with Crippen molar-refractivity contribution in [2.24, 2.45) is 0 Å². The summed E-state index contributed by atoms with van der Waals surface area (Å²) in [7, 11) is 0. The molecule has 6 nitrogen and oxygen atoms in total. The number of rotatable bonds is 3. The lowest BCUT2D eigenvalue weighted by atomic mass is 10.0. The van der Waals surface area contributed by atoms with Gasteiger partial charge in [0, 0.05) is 28.2 Å². The summed E-state index contributed by atoms with van der Waals surface area (Å²) in [6.07, 6.45) is 3.57. The molecule has 2 heterocycles. The largest absolute Gasteiger partial charge is 0.333 e. The van der Waals surface area contributed by atoms with E-state index in [0.29, 0.717) is 43.2 Å². The van der Waals surface area contributed by atoms with Crippen molar-refractivity contribution in [2.45, 2.75) is 31.5 Å². The van der Waals surface area contributed by atoms with Crippen LogP contribution in [-0.2, 0) is 0 Å². The molecule has 2 N–H and O–H groups in total. The number of aromatic nitrogens is 3. The smallest absolute Gasteiger partial charge is 0.320 e. The summed E-state index contributed by atoms with van der Waals surface area (Å²) in [6.45, 7) is 5.68. The fourth-order valence-electron chi connectivity index (χ4n) is 2.57. The molecule has 0 bridgehead atoms. The van der Waals surface area contributed by atoms with E-state index in [4.69, 9.17) is 23.2 Å². The van der Waals surface area contributed by atoms with Crippen LogP contribution in [0.25, 0.3) is 22.2 Å². The van der Waals surface area contributed by atoms with Gasteiger partial charge in [0.15, 0.2) is 10.8 Å². The third-order valence-electron chi connectivity index (χ3n) is 3.68. The highest BCUT2D eigenvalue weighted by Crippen LogP contribution is 2.39. The number of pyridine rings is 1. The van der Waals surface area contributed by atoms with E-state index in [9.17, 15) is 4.79 Å².